The zero-order valence-electron chi connectivity index (χ0n) is 13.3. The zero-order valence-corrected chi connectivity index (χ0v) is 13.3. The first-order valence-corrected chi connectivity index (χ1v) is 7.88. The molecule has 2 N–H and O–H groups in total. The number of likely N-dealkylation sites (N-methyl/N-ethyl adjacent to an activating group) is 1. The van der Waals surface area contributed by atoms with E-state index in [0.717, 1.165) is 50.0 Å². The van der Waals surface area contributed by atoms with Crippen LogP contribution in [0.2, 0.25) is 0 Å². The summed E-state index contributed by atoms with van der Waals surface area (Å²) < 4.78 is 5.48. The predicted molar refractivity (Wildman–Crippen MR) is 86.7 cm³/mol. The Labute approximate surface area is 128 Å². The lowest BCUT2D eigenvalue weighted by molar-refractivity contribution is 0.0939. The molecule has 0 bridgehead atoms. The molecule has 0 saturated carbocycles. The maximum atomic E-state index is 12.2. The first kappa shape index (κ1) is 17.7. The number of unbranched alkanes of at least 4 members (excludes halogenated alkanes) is 1. The van der Waals surface area contributed by atoms with Crippen molar-refractivity contribution in [1.82, 2.24) is 10.6 Å². The van der Waals surface area contributed by atoms with Crippen molar-refractivity contribution in [1.29, 1.82) is 0 Å². The second-order valence-electron chi connectivity index (χ2n) is 5.09. The van der Waals surface area contributed by atoms with Crippen LogP contribution in [0.15, 0.2) is 24.3 Å². The number of ether oxygens (including phenoxy) is 1. The third-order valence-electron chi connectivity index (χ3n) is 3.30. The van der Waals surface area contributed by atoms with Crippen molar-refractivity contribution >= 4 is 5.91 Å². The summed E-state index contributed by atoms with van der Waals surface area (Å²) in [6, 6.07) is 7.78. The first-order chi connectivity index (χ1) is 10.3. The number of rotatable bonds is 11. The third kappa shape index (κ3) is 7.25. The average molecular weight is 292 g/mol. The molecule has 1 aromatic rings. The molecule has 0 spiro atoms. The van der Waals surface area contributed by atoms with Gasteiger partial charge in [-0.3, -0.25) is 4.79 Å². The van der Waals surface area contributed by atoms with E-state index in [1.54, 1.807) is 0 Å². The van der Waals surface area contributed by atoms with Gasteiger partial charge in [0.25, 0.3) is 5.91 Å². The van der Waals surface area contributed by atoms with Gasteiger partial charge >= 0.3 is 0 Å². The number of nitrogens with one attached hydrogen (secondary N) is 2. The Morgan fingerprint density at radius 2 is 1.90 bits per heavy atom. The maximum absolute atomic E-state index is 12.2. The van der Waals surface area contributed by atoms with Gasteiger partial charge in [-0.2, -0.15) is 0 Å². The standard InChI is InChI=1S/C17H28N2O2/c1-3-4-13-21-14-7-11-19-17(20)16-9-6-5-8-15(16)10-12-18-2/h5-6,8-9,18H,3-4,7,10-14H2,1-2H3,(H,19,20). The largest absolute Gasteiger partial charge is 0.381 e. The van der Waals surface area contributed by atoms with Crippen molar-refractivity contribution in [2.45, 2.75) is 32.6 Å². The molecule has 0 heterocycles. The summed E-state index contributed by atoms with van der Waals surface area (Å²) >= 11 is 0. The minimum atomic E-state index is 0.00950. The van der Waals surface area contributed by atoms with Gasteiger partial charge in [0.05, 0.1) is 0 Å². The molecule has 118 valence electrons. The number of benzene rings is 1. The third-order valence-corrected chi connectivity index (χ3v) is 3.30. The van der Waals surface area contributed by atoms with Crippen LogP contribution in [0, 0.1) is 0 Å². The molecule has 0 atom stereocenters. The number of amides is 1. The van der Waals surface area contributed by atoms with E-state index >= 15 is 0 Å². The maximum Gasteiger partial charge on any atom is 0.251 e. The number of hydrogen-bond donors (Lipinski definition) is 2. The van der Waals surface area contributed by atoms with Crippen LogP contribution in [-0.4, -0.2) is 39.3 Å². The molecule has 21 heavy (non-hydrogen) atoms. The second kappa shape index (κ2) is 11.3. The van der Waals surface area contributed by atoms with Crippen molar-refractivity contribution in [3.05, 3.63) is 35.4 Å². The van der Waals surface area contributed by atoms with Crippen LogP contribution in [0.5, 0.6) is 0 Å². The van der Waals surface area contributed by atoms with Gasteiger partial charge in [0.1, 0.15) is 0 Å². The van der Waals surface area contributed by atoms with E-state index in [-0.39, 0.29) is 5.91 Å². The highest BCUT2D eigenvalue weighted by molar-refractivity contribution is 5.95. The van der Waals surface area contributed by atoms with E-state index in [1.165, 1.54) is 0 Å². The van der Waals surface area contributed by atoms with E-state index in [2.05, 4.69) is 17.6 Å². The molecule has 1 rings (SSSR count). The molecule has 0 unspecified atom stereocenters. The zero-order chi connectivity index (χ0) is 15.3. The second-order valence-corrected chi connectivity index (χ2v) is 5.09. The van der Waals surface area contributed by atoms with Crippen LogP contribution in [0.4, 0.5) is 0 Å². The molecule has 0 saturated heterocycles. The Morgan fingerprint density at radius 3 is 2.67 bits per heavy atom. The summed E-state index contributed by atoms with van der Waals surface area (Å²) in [6.45, 7) is 5.20. The molecule has 0 aliphatic carbocycles. The topological polar surface area (TPSA) is 50.4 Å². The van der Waals surface area contributed by atoms with E-state index in [9.17, 15) is 4.79 Å². The normalized spacial score (nSPS) is 10.6. The molecule has 0 aromatic heterocycles. The number of hydrogen-bond acceptors (Lipinski definition) is 3. The van der Waals surface area contributed by atoms with Crippen molar-refractivity contribution in [3.8, 4) is 0 Å². The molecular weight excluding hydrogens is 264 g/mol. The van der Waals surface area contributed by atoms with E-state index in [0.29, 0.717) is 13.2 Å². The van der Waals surface area contributed by atoms with Gasteiger partial charge in [0, 0.05) is 25.3 Å². The SMILES string of the molecule is CCCCOCCCNC(=O)c1ccccc1CCNC. The van der Waals surface area contributed by atoms with Gasteiger partial charge < -0.3 is 15.4 Å². The highest BCUT2D eigenvalue weighted by Crippen LogP contribution is 2.09. The van der Waals surface area contributed by atoms with Gasteiger partial charge in [-0.1, -0.05) is 31.5 Å². The van der Waals surface area contributed by atoms with Crippen LogP contribution >= 0.6 is 0 Å². The monoisotopic (exact) mass is 292 g/mol. The summed E-state index contributed by atoms with van der Waals surface area (Å²) in [4.78, 5) is 12.2. The fourth-order valence-electron chi connectivity index (χ4n) is 2.04. The van der Waals surface area contributed by atoms with Gasteiger partial charge in [-0.15, -0.1) is 0 Å². The Balaban J connectivity index is 2.31. The Kier molecular flexibility index (Phi) is 9.49. The minimum Gasteiger partial charge on any atom is -0.381 e. The van der Waals surface area contributed by atoms with E-state index in [4.69, 9.17) is 4.74 Å². The molecule has 0 radical (unpaired) electrons. The Bertz CT molecular complexity index is 408. The minimum absolute atomic E-state index is 0.00950. The van der Waals surface area contributed by atoms with Gasteiger partial charge in [-0.05, 0) is 44.5 Å². The summed E-state index contributed by atoms with van der Waals surface area (Å²) in [7, 11) is 1.92. The molecule has 1 amide bonds. The van der Waals surface area contributed by atoms with Gasteiger partial charge in [0.15, 0.2) is 0 Å². The molecule has 4 nitrogen and oxygen atoms in total. The fourth-order valence-corrected chi connectivity index (χ4v) is 2.04. The lowest BCUT2D eigenvalue weighted by atomic mass is 10.0. The van der Waals surface area contributed by atoms with Crippen LogP contribution in [0.1, 0.15) is 42.1 Å². The number of carbonyl (C=O) groups is 1. The van der Waals surface area contributed by atoms with E-state index < -0.39 is 0 Å². The molecule has 4 heteroatoms. The highest BCUT2D eigenvalue weighted by atomic mass is 16.5. The average Bonchev–Trinajstić information content (AvgIpc) is 2.52. The Hall–Kier alpha value is -1.39. The van der Waals surface area contributed by atoms with Crippen molar-refractivity contribution < 1.29 is 9.53 Å². The lowest BCUT2D eigenvalue weighted by Gasteiger charge is -2.10. The smallest absolute Gasteiger partial charge is 0.251 e. The van der Waals surface area contributed by atoms with Crippen molar-refractivity contribution in [2.24, 2.45) is 0 Å². The predicted octanol–water partition coefficient (Wildman–Crippen LogP) is 2.39. The molecule has 1 aromatic carbocycles. The summed E-state index contributed by atoms with van der Waals surface area (Å²) in [5, 5.41) is 6.08. The molecule has 0 fully saturated rings. The fraction of sp³-hybridized carbons (Fsp3) is 0.588. The molecule has 0 aliphatic heterocycles. The first-order valence-electron chi connectivity index (χ1n) is 7.88. The van der Waals surface area contributed by atoms with Gasteiger partial charge in [-0.25, -0.2) is 0 Å². The van der Waals surface area contributed by atoms with Crippen molar-refractivity contribution in [2.75, 3.05) is 33.4 Å². The van der Waals surface area contributed by atoms with Crippen LogP contribution in [0.3, 0.4) is 0 Å². The quantitative estimate of drug-likeness (QED) is 0.616. The van der Waals surface area contributed by atoms with Crippen LogP contribution in [-0.2, 0) is 11.2 Å². The lowest BCUT2D eigenvalue weighted by Crippen LogP contribution is -2.26. The summed E-state index contributed by atoms with van der Waals surface area (Å²) in [5.41, 5.74) is 1.86. The highest BCUT2D eigenvalue weighted by Gasteiger charge is 2.09. The van der Waals surface area contributed by atoms with Crippen molar-refractivity contribution in [3.63, 3.8) is 0 Å². The van der Waals surface area contributed by atoms with Crippen LogP contribution in [0.25, 0.3) is 0 Å². The summed E-state index contributed by atoms with van der Waals surface area (Å²) in [6.07, 6.45) is 3.97. The van der Waals surface area contributed by atoms with Gasteiger partial charge in [0.2, 0.25) is 0 Å². The van der Waals surface area contributed by atoms with Crippen LogP contribution < -0.4 is 10.6 Å². The summed E-state index contributed by atoms with van der Waals surface area (Å²) in [5.74, 6) is 0.00950. The molecule has 0 aliphatic rings. The molecular formula is C17H28N2O2. The van der Waals surface area contributed by atoms with E-state index in [1.807, 2.05) is 31.3 Å². The Morgan fingerprint density at radius 1 is 1.14 bits per heavy atom. The number of carbonyl (C=O) groups excluding carboxylic acids is 1.